The van der Waals surface area contributed by atoms with Gasteiger partial charge in [0.25, 0.3) is 0 Å². The molecule has 3 nitrogen and oxygen atoms in total. The summed E-state index contributed by atoms with van der Waals surface area (Å²) in [4.78, 5) is 13.0. The minimum atomic E-state index is 0.0592. The molecule has 218 valence electrons. The molecule has 2 aliphatic heterocycles. The molecule has 0 saturated carbocycles. The van der Waals surface area contributed by atoms with Crippen molar-refractivity contribution in [1.29, 1.82) is 0 Å². The summed E-state index contributed by atoms with van der Waals surface area (Å²) in [6.07, 6.45) is 17.5. The number of hydrogen-bond donors (Lipinski definition) is 0. The predicted octanol–water partition coefficient (Wildman–Crippen LogP) is 9.67. The molecule has 10 rings (SSSR count). The molecule has 3 heteroatoms. The van der Waals surface area contributed by atoms with Crippen LogP contribution in [0.3, 0.4) is 0 Å². The van der Waals surface area contributed by atoms with Gasteiger partial charge in [-0.25, -0.2) is 0 Å². The summed E-state index contributed by atoms with van der Waals surface area (Å²) in [5.74, 6) is 2.31. The fraction of sp³-hybridized carbons (Fsp3) is 0.116. The highest BCUT2D eigenvalue weighted by Gasteiger charge is 2.44. The van der Waals surface area contributed by atoms with Gasteiger partial charge in [-0.2, -0.15) is 0 Å². The minimum absolute atomic E-state index is 0.0592. The van der Waals surface area contributed by atoms with E-state index in [2.05, 4.69) is 157 Å². The molecule has 0 bridgehead atoms. The number of nitrogens with zero attached hydrogens (tertiary/aromatic N) is 3. The maximum Gasteiger partial charge on any atom is 0.137 e. The lowest BCUT2D eigenvalue weighted by Crippen LogP contribution is -2.51. The van der Waals surface area contributed by atoms with Gasteiger partial charge in [0.15, 0.2) is 0 Å². The Labute approximate surface area is 268 Å². The Bertz CT molecular complexity index is 2420. The van der Waals surface area contributed by atoms with Gasteiger partial charge < -0.3 is 4.90 Å². The van der Waals surface area contributed by atoms with Crippen molar-refractivity contribution in [3.05, 3.63) is 157 Å². The summed E-state index contributed by atoms with van der Waals surface area (Å²) in [6, 6.07) is 36.5. The minimum Gasteiger partial charge on any atom is -0.304 e. The Morgan fingerprint density at radius 3 is 1.89 bits per heavy atom. The predicted molar refractivity (Wildman–Crippen MR) is 193 cm³/mol. The van der Waals surface area contributed by atoms with Gasteiger partial charge in [-0.3, -0.25) is 9.98 Å². The average molecular weight is 590 g/mol. The van der Waals surface area contributed by atoms with Crippen molar-refractivity contribution in [3.8, 4) is 22.3 Å². The highest BCUT2D eigenvalue weighted by Crippen LogP contribution is 2.43. The molecule has 0 fully saturated rings. The second-order valence-corrected chi connectivity index (χ2v) is 12.9. The number of hydrogen-bond acceptors (Lipinski definition) is 3. The van der Waals surface area contributed by atoms with Crippen molar-refractivity contribution >= 4 is 44.0 Å². The molecule has 46 heavy (non-hydrogen) atoms. The van der Waals surface area contributed by atoms with Crippen molar-refractivity contribution in [3.63, 3.8) is 0 Å². The average Bonchev–Trinajstić information content (AvgIpc) is 3.50. The first-order chi connectivity index (χ1) is 22.7. The van der Waals surface area contributed by atoms with E-state index >= 15 is 0 Å². The molecule has 4 atom stereocenters. The van der Waals surface area contributed by atoms with E-state index in [4.69, 9.17) is 9.98 Å². The van der Waals surface area contributed by atoms with E-state index in [1.54, 1.807) is 0 Å². The molecule has 2 heterocycles. The lowest BCUT2D eigenvalue weighted by atomic mass is 9.86. The van der Waals surface area contributed by atoms with Crippen LogP contribution in [0, 0.1) is 12.8 Å². The number of fused-ring (bicyclic) bond motifs is 5. The lowest BCUT2D eigenvalue weighted by Gasteiger charge is -2.38. The number of amidine groups is 2. The number of benzene rings is 6. The van der Waals surface area contributed by atoms with E-state index in [1.807, 2.05) is 0 Å². The quantitative estimate of drug-likeness (QED) is 0.189. The zero-order valence-corrected chi connectivity index (χ0v) is 25.5. The first kappa shape index (κ1) is 25.8. The van der Waals surface area contributed by atoms with Crippen LogP contribution in [0.1, 0.15) is 11.1 Å². The molecule has 0 amide bonds. The van der Waals surface area contributed by atoms with Crippen molar-refractivity contribution < 1.29 is 0 Å². The van der Waals surface area contributed by atoms with E-state index in [0.717, 1.165) is 17.2 Å². The van der Waals surface area contributed by atoms with Gasteiger partial charge in [0.2, 0.25) is 0 Å². The highest BCUT2D eigenvalue weighted by molar-refractivity contribution is 6.27. The van der Waals surface area contributed by atoms with Gasteiger partial charge in [-0.05, 0) is 67.6 Å². The van der Waals surface area contributed by atoms with Crippen LogP contribution in [0.4, 0.5) is 0 Å². The van der Waals surface area contributed by atoms with Gasteiger partial charge >= 0.3 is 0 Å². The monoisotopic (exact) mass is 589 g/mol. The Kier molecular flexibility index (Phi) is 5.45. The van der Waals surface area contributed by atoms with Crippen molar-refractivity contribution in [2.45, 2.75) is 25.0 Å². The largest absolute Gasteiger partial charge is 0.304 e. The van der Waals surface area contributed by atoms with Gasteiger partial charge in [-0.1, -0.05) is 145 Å². The van der Waals surface area contributed by atoms with Crippen LogP contribution in [0.15, 0.2) is 156 Å². The summed E-state index contributed by atoms with van der Waals surface area (Å²) in [5, 5.41) is 7.81. The Balaban J connectivity index is 1.14. The first-order valence-corrected chi connectivity index (χ1v) is 16.2. The maximum absolute atomic E-state index is 5.38. The van der Waals surface area contributed by atoms with Crippen LogP contribution in [-0.4, -0.2) is 34.7 Å². The Morgan fingerprint density at radius 2 is 1.15 bits per heavy atom. The number of allylic oxidation sites excluding steroid dienone is 4. The van der Waals surface area contributed by atoms with Gasteiger partial charge in [0.1, 0.15) is 11.7 Å². The van der Waals surface area contributed by atoms with Gasteiger partial charge in [-0.15, -0.1) is 0 Å². The Hall–Kier alpha value is -5.54. The summed E-state index contributed by atoms with van der Waals surface area (Å²) >= 11 is 0. The van der Waals surface area contributed by atoms with Crippen molar-refractivity contribution in [2.24, 2.45) is 15.9 Å². The van der Waals surface area contributed by atoms with Crippen molar-refractivity contribution in [1.82, 2.24) is 4.90 Å². The topological polar surface area (TPSA) is 28.0 Å². The number of aryl methyl sites for hydroxylation is 1. The van der Waals surface area contributed by atoms with Crippen molar-refractivity contribution in [2.75, 3.05) is 0 Å². The molecular weight excluding hydrogens is 558 g/mol. The lowest BCUT2D eigenvalue weighted by molar-refractivity contribution is 0.475. The van der Waals surface area contributed by atoms with E-state index in [-0.39, 0.29) is 24.0 Å². The normalized spacial score (nSPS) is 22.8. The van der Waals surface area contributed by atoms with Gasteiger partial charge in [0, 0.05) is 5.56 Å². The summed E-state index contributed by atoms with van der Waals surface area (Å²) in [5.41, 5.74) is 7.40. The van der Waals surface area contributed by atoms with E-state index < -0.39 is 0 Å². The smallest absolute Gasteiger partial charge is 0.137 e. The Morgan fingerprint density at radius 1 is 0.543 bits per heavy atom. The third-order valence-electron chi connectivity index (χ3n) is 10.2. The fourth-order valence-corrected chi connectivity index (χ4v) is 8.12. The SMILES string of the molecule is Cc1cccc(-c2ccc3ccc4c(-c5cccc(C6=NC7C=CC=CC7C7=NC8C=CC=CC8N67)c5)ccc5ccc2c3c54)c1. The summed E-state index contributed by atoms with van der Waals surface area (Å²) in [7, 11) is 0. The van der Waals surface area contributed by atoms with Crippen LogP contribution >= 0.6 is 0 Å². The maximum atomic E-state index is 5.38. The third-order valence-corrected chi connectivity index (χ3v) is 10.2. The zero-order valence-electron chi connectivity index (χ0n) is 25.5. The van der Waals surface area contributed by atoms with Crippen LogP contribution in [0.2, 0.25) is 0 Å². The second kappa shape index (κ2) is 9.73. The molecule has 6 aromatic carbocycles. The molecular formula is C43H31N3. The number of aliphatic imine (C=N–C) groups is 2. The number of rotatable bonds is 3. The van der Waals surface area contributed by atoms with E-state index in [0.29, 0.717) is 0 Å². The molecule has 0 radical (unpaired) electrons. The molecule has 0 saturated heterocycles. The first-order valence-electron chi connectivity index (χ1n) is 16.2. The molecule has 0 aromatic heterocycles. The molecule has 4 aliphatic rings. The van der Waals surface area contributed by atoms with Crippen LogP contribution < -0.4 is 0 Å². The third kappa shape index (κ3) is 3.72. The molecule has 2 aliphatic carbocycles. The standard InChI is InChI=1S/C43H31N3/c1-26-8-6-9-29(24-26)32-20-16-27-19-23-35-33(21-17-28-18-22-34(32)40(27)41(28)35)30-10-7-11-31(25-30)42-44-37-13-3-2-12-36(37)43-45-38-14-4-5-15-39(38)46(42)43/h2-25,36-39H,1H3. The molecule has 4 unspecified atom stereocenters. The second-order valence-electron chi connectivity index (χ2n) is 12.9. The molecule has 0 N–H and O–H groups in total. The van der Waals surface area contributed by atoms with Gasteiger partial charge in [0.05, 0.1) is 24.0 Å². The molecule has 0 spiro atoms. The fourth-order valence-electron chi connectivity index (χ4n) is 8.12. The van der Waals surface area contributed by atoms with Crippen LogP contribution in [-0.2, 0) is 0 Å². The van der Waals surface area contributed by atoms with E-state index in [1.165, 1.54) is 60.1 Å². The summed E-state index contributed by atoms with van der Waals surface area (Å²) < 4.78 is 0. The van der Waals surface area contributed by atoms with E-state index in [9.17, 15) is 0 Å². The van der Waals surface area contributed by atoms with Crippen LogP contribution in [0.5, 0.6) is 0 Å². The highest BCUT2D eigenvalue weighted by atomic mass is 15.3. The molecule has 6 aromatic rings. The summed E-state index contributed by atoms with van der Waals surface area (Å²) in [6.45, 7) is 2.17. The zero-order chi connectivity index (χ0) is 30.4. The van der Waals surface area contributed by atoms with Crippen LogP contribution in [0.25, 0.3) is 54.6 Å².